The van der Waals surface area contributed by atoms with Gasteiger partial charge in [-0.15, -0.1) is 0 Å². The van der Waals surface area contributed by atoms with Crippen molar-refractivity contribution in [1.82, 2.24) is 4.90 Å². The average Bonchev–Trinajstić information content (AvgIpc) is 2.95. The van der Waals surface area contributed by atoms with Crippen molar-refractivity contribution in [3.05, 3.63) is 60.2 Å². The monoisotopic (exact) mass is 450 g/mol. The van der Waals surface area contributed by atoms with Crippen LogP contribution in [0, 0.1) is 0 Å². The Hall–Kier alpha value is -3.07. The van der Waals surface area contributed by atoms with E-state index in [2.05, 4.69) is 41.1 Å². The van der Waals surface area contributed by atoms with E-state index in [1.54, 1.807) is 12.1 Å². The Morgan fingerprint density at radius 2 is 1.38 bits per heavy atom. The highest BCUT2D eigenvalue weighted by molar-refractivity contribution is 5.88. The Kier molecular flexibility index (Phi) is 7.08. The maximum atomic E-state index is 11.2. The molecule has 0 spiro atoms. The van der Waals surface area contributed by atoms with E-state index in [9.17, 15) is 18.0 Å². The quantitative estimate of drug-likeness (QED) is 0.698. The summed E-state index contributed by atoms with van der Waals surface area (Å²) in [4.78, 5) is 25.0. The molecule has 2 unspecified atom stereocenters. The summed E-state index contributed by atoms with van der Waals surface area (Å²) in [6.45, 7) is 0. The van der Waals surface area contributed by atoms with Crippen LogP contribution in [0.4, 0.5) is 24.5 Å². The molecule has 32 heavy (non-hydrogen) atoms. The van der Waals surface area contributed by atoms with E-state index in [0.29, 0.717) is 23.7 Å². The number of hydrogen-bond donors (Lipinski definition) is 2. The first kappa shape index (κ1) is 23.6. The van der Waals surface area contributed by atoms with Crippen molar-refractivity contribution in [3.63, 3.8) is 0 Å². The van der Waals surface area contributed by atoms with Crippen LogP contribution < -0.4 is 4.90 Å². The number of fused-ring (bicyclic) bond motifs is 2. The van der Waals surface area contributed by atoms with Crippen molar-refractivity contribution < 1.29 is 33.0 Å². The molecule has 2 aromatic rings. The van der Waals surface area contributed by atoms with Gasteiger partial charge in [-0.05, 0) is 69.1 Å². The number of halogens is 3. The maximum absolute atomic E-state index is 11.2. The number of alkyl halides is 3. The minimum atomic E-state index is -5.08. The SMILES string of the molecule is CN1C2CCC1CC(N(c1ccccc1)c1ccc(C(=O)O)cc1)C2.O=C(O)C(F)(F)F. The summed E-state index contributed by atoms with van der Waals surface area (Å²) in [5.41, 5.74) is 2.59. The van der Waals surface area contributed by atoms with Gasteiger partial charge in [-0.25, -0.2) is 9.59 Å². The number of anilines is 2. The van der Waals surface area contributed by atoms with Crippen molar-refractivity contribution in [2.24, 2.45) is 0 Å². The van der Waals surface area contributed by atoms with Crippen molar-refractivity contribution >= 4 is 23.3 Å². The lowest BCUT2D eigenvalue weighted by molar-refractivity contribution is -0.192. The summed E-state index contributed by atoms with van der Waals surface area (Å²) < 4.78 is 31.7. The minimum Gasteiger partial charge on any atom is -0.478 e. The van der Waals surface area contributed by atoms with Gasteiger partial charge in [0.2, 0.25) is 0 Å². The molecule has 2 heterocycles. The number of hydrogen-bond acceptors (Lipinski definition) is 4. The number of aromatic carboxylic acids is 1. The lowest BCUT2D eigenvalue weighted by atomic mass is 9.95. The third-order valence-corrected chi connectivity index (χ3v) is 6.11. The van der Waals surface area contributed by atoms with Gasteiger partial charge < -0.3 is 20.0 Å². The predicted molar refractivity (Wildman–Crippen MR) is 113 cm³/mol. The van der Waals surface area contributed by atoms with Crippen LogP contribution in [-0.4, -0.2) is 58.4 Å². The number of carboxylic acids is 2. The van der Waals surface area contributed by atoms with E-state index in [4.69, 9.17) is 15.0 Å². The molecule has 6 nitrogen and oxygen atoms in total. The molecule has 9 heteroatoms. The Bertz CT molecular complexity index is 921. The second-order valence-electron chi connectivity index (χ2n) is 8.04. The molecule has 2 atom stereocenters. The van der Waals surface area contributed by atoms with Crippen LogP contribution in [-0.2, 0) is 4.79 Å². The molecule has 0 radical (unpaired) electrons. The number of piperidine rings is 1. The summed E-state index contributed by atoms with van der Waals surface area (Å²) in [5.74, 6) is -3.64. The Labute approximate surface area is 183 Å². The van der Waals surface area contributed by atoms with Gasteiger partial charge in [-0.2, -0.15) is 13.2 Å². The number of benzene rings is 2. The fraction of sp³-hybridized carbons (Fsp3) is 0.391. The highest BCUT2D eigenvalue weighted by atomic mass is 19.4. The van der Waals surface area contributed by atoms with Gasteiger partial charge in [0, 0.05) is 29.5 Å². The first-order valence-corrected chi connectivity index (χ1v) is 10.3. The third-order valence-electron chi connectivity index (χ3n) is 6.11. The zero-order valence-electron chi connectivity index (χ0n) is 17.5. The first-order valence-electron chi connectivity index (χ1n) is 10.3. The van der Waals surface area contributed by atoms with E-state index in [1.165, 1.54) is 18.5 Å². The average molecular weight is 450 g/mol. The van der Waals surface area contributed by atoms with Crippen LogP contribution in [0.2, 0.25) is 0 Å². The molecule has 2 aliphatic heterocycles. The Balaban J connectivity index is 0.000000360. The van der Waals surface area contributed by atoms with Crippen LogP contribution in [0.1, 0.15) is 36.0 Å². The largest absolute Gasteiger partial charge is 0.490 e. The van der Waals surface area contributed by atoms with Crippen molar-refractivity contribution in [3.8, 4) is 0 Å². The molecular weight excluding hydrogens is 425 g/mol. The fourth-order valence-corrected chi connectivity index (χ4v) is 4.52. The Morgan fingerprint density at radius 3 is 1.81 bits per heavy atom. The number of carbonyl (C=O) groups is 2. The topological polar surface area (TPSA) is 81.1 Å². The van der Waals surface area contributed by atoms with Gasteiger partial charge in [0.25, 0.3) is 0 Å². The molecule has 4 rings (SSSR count). The molecule has 172 valence electrons. The van der Waals surface area contributed by atoms with Crippen LogP contribution in [0.5, 0.6) is 0 Å². The molecule has 2 fully saturated rings. The van der Waals surface area contributed by atoms with Gasteiger partial charge >= 0.3 is 18.1 Å². The van der Waals surface area contributed by atoms with Gasteiger partial charge in [0.15, 0.2) is 0 Å². The summed E-state index contributed by atoms with van der Waals surface area (Å²) in [5, 5.41) is 16.3. The second-order valence-corrected chi connectivity index (χ2v) is 8.04. The van der Waals surface area contributed by atoms with Gasteiger partial charge in [-0.1, -0.05) is 18.2 Å². The lowest BCUT2D eigenvalue weighted by Gasteiger charge is -2.43. The van der Waals surface area contributed by atoms with Crippen LogP contribution in [0.3, 0.4) is 0 Å². The standard InChI is InChI=1S/C21H24N2O2.C2HF3O2/c1-22-18-11-12-19(22)14-20(13-18)23(16-5-3-2-4-6-16)17-9-7-15(8-10-17)21(24)25;3-2(4,5)1(6)7/h2-10,18-20H,11-14H2,1H3,(H,24,25);(H,6,7). The van der Waals surface area contributed by atoms with Gasteiger partial charge in [0.05, 0.1) is 5.56 Å². The first-order chi connectivity index (χ1) is 15.1. The number of para-hydroxylation sites is 1. The summed E-state index contributed by atoms with van der Waals surface area (Å²) in [6.07, 6.45) is -0.193. The molecule has 2 saturated heterocycles. The summed E-state index contributed by atoms with van der Waals surface area (Å²) in [7, 11) is 2.26. The molecule has 0 amide bonds. The van der Waals surface area contributed by atoms with Crippen LogP contribution >= 0.6 is 0 Å². The smallest absolute Gasteiger partial charge is 0.478 e. The third kappa shape index (κ3) is 5.40. The molecule has 0 aliphatic carbocycles. The highest BCUT2D eigenvalue weighted by Gasteiger charge is 2.41. The van der Waals surface area contributed by atoms with Crippen LogP contribution in [0.25, 0.3) is 0 Å². The number of rotatable bonds is 4. The van der Waals surface area contributed by atoms with E-state index in [-0.39, 0.29) is 0 Å². The molecule has 0 saturated carbocycles. The normalized spacial score (nSPS) is 22.6. The van der Waals surface area contributed by atoms with Crippen LogP contribution in [0.15, 0.2) is 54.6 Å². The summed E-state index contributed by atoms with van der Waals surface area (Å²) in [6, 6.07) is 19.5. The minimum absolute atomic E-state index is 0.334. The summed E-state index contributed by atoms with van der Waals surface area (Å²) >= 11 is 0. The Morgan fingerprint density at radius 1 is 0.906 bits per heavy atom. The van der Waals surface area contributed by atoms with Crippen molar-refractivity contribution in [2.75, 3.05) is 11.9 Å². The molecule has 0 aromatic heterocycles. The van der Waals surface area contributed by atoms with Gasteiger partial charge in [-0.3, -0.25) is 0 Å². The lowest BCUT2D eigenvalue weighted by Crippen LogP contribution is -2.47. The highest BCUT2D eigenvalue weighted by Crippen LogP contribution is 2.40. The zero-order chi connectivity index (χ0) is 23.5. The predicted octanol–water partition coefficient (Wildman–Crippen LogP) is 4.78. The number of nitrogens with zero attached hydrogens (tertiary/aromatic N) is 2. The fourth-order valence-electron chi connectivity index (χ4n) is 4.52. The second kappa shape index (κ2) is 9.60. The van der Waals surface area contributed by atoms with E-state index in [0.717, 1.165) is 18.5 Å². The molecular formula is C23H25F3N2O4. The molecule has 2 bridgehead atoms. The van der Waals surface area contributed by atoms with Gasteiger partial charge in [0.1, 0.15) is 0 Å². The molecule has 2 aromatic carbocycles. The zero-order valence-corrected chi connectivity index (χ0v) is 17.5. The number of aliphatic carboxylic acids is 1. The van der Waals surface area contributed by atoms with E-state index >= 15 is 0 Å². The van der Waals surface area contributed by atoms with Crippen molar-refractivity contribution in [2.45, 2.75) is 50.0 Å². The van der Waals surface area contributed by atoms with Crippen molar-refractivity contribution in [1.29, 1.82) is 0 Å². The number of carboxylic acid groups (broad SMARTS) is 2. The maximum Gasteiger partial charge on any atom is 0.490 e. The van der Waals surface area contributed by atoms with E-state index in [1.807, 2.05) is 18.2 Å². The molecule has 2 N–H and O–H groups in total. The molecule has 2 aliphatic rings. The van der Waals surface area contributed by atoms with E-state index < -0.39 is 18.1 Å².